The highest BCUT2D eigenvalue weighted by Gasteiger charge is 2.26. The Bertz CT molecular complexity index is 697. The van der Waals surface area contributed by atoms with Gasteiger partial charge in [0.1, 0.15) is 0 Å². The van der Waals surface area contributed by atoms with Crippen LogP contribution in [-0.4, -0.2) is 78.4 Å². The van der Waals surface area contributed by atoms with Crippen LogP contribution in [-0.2, 0) is 10.8 Å². The average molecular weight is 576 g/mol. The summed E-state index contributed by atoms with van der Waals surface area (Å²) in [6, 6.07) is 11.1. The minimum absolute atomic E-state index is 0. The number of piperazine rings is 1. The van der Waals surface area contributed by atoms with Crippen molar-refractivity contribution in [3.05, 3.63) is 30.3 Å². The predicted molar refractivity (Wildman–Crippen MR) is 149 cm³/mol. The van der Waals surface area contributed by atoms with E-state index in [1.807, 2.05) is 14.0 Å². The molecule has 1 aromatic carbocycles. The first-order chi connectivity index (χ1) is 15.2. The molecule has 1 saturated heterocycles. The Morgan fingerprint density at radius 1 is 1.12 bits per heavy atom. The van der Waals surface area contributed by atoms with Gasteiger partial charge in [0.2, 0.25) is 0 Å². The summed E-state index contributed by atoms with van der Waals surface area (Å²) in [6.07, 6.45) is 6.75. The molecule has 1 aliphatic heterocycles. The van der Waals surface area contributed by atoms with Crippen LogP contribution in [0.1, 0.15) is 45.4 Å². The molecule has 2 fully saturated rings. The third kappa shape index (κ3) is 8.82. The van der Waals surface area contributed by atoms with E-state index in [1.165, 1.54) is 18.7 Å². The predicted octanol–water partition coefficient (Wildman–Crippen LogP) is 3.45. The number of para-hydroxylation sites is 1. The molecule has 2 N–H and O–H groups in total. The molecule has 3 atom stereocenters. The Morgan fingerprint density at radius 2 is 1.88 bits per heavy atom. The topological polar surface area (TPSA) is 60.0 Å². The van der Waals surface area contributed by atoms with Crippen molar-refractivity contribution in [2.75, 3.05) is 57.0 Å². The smallest absolute Gasteiger partial charge is 0.191 e. The maximum absolute atomic E-state index is 12.2. The van der Waals surface area contributed by atoms with Gasteiger partial charge in [-0.3, -0.25) is 14.1 Å². The lowest BCUT2D eigenvalue weighted by Crippen LogP contribution is -2.47. The fourth-order valence-corrected chi connectivity index (χ4v) is 6.02. The highest BCUT2D eigenvalue weighted by atomic mass is 127. The van der Waals surface area contributed by atoms with Crippen molar-refractivity contribution >= 4 is 46.4 Å². The van der Waals surface area contributed by atoms with Crippen LogP contribution in [0.3, 0.4) is 0 Å². The summed E-state index contributed by atoms with van der Waals surface area (Å²) in [7, 11) is 1.16. The van der Waals surface area contributed by atoms with Gasteiger partial charge in [-0.2, -0.15) is 0 Å². The minimum Gasteiger partial charge on any atom is -0.369 e. The zero-order valence-corrected chi connectivity index (χ0v) is 22.9. The molecule has 32 heavy (non-hydrogen) atoms. The molecule has 3 unspecified atom stereocenters. The van der Waals surface area contributed by atoms with Crippen molar-refractivity contribution in [3.63, 3.8) is 0 Å². The highest BCUT2D eigenvalue weighted by molar-refractivity contribution is 14.0. The molecule has 3 rings (SSSR count). The lowest BCUT2D eigenvalue weighted by Gasteiger charge is -2.36. The van der Waals surface area contributed by atoms with E-state index < -0.39 is 10.8 Å². The molecule has 0 radical (unpaired) electrons. The molecule has 0 bridgehead atoms. The molecule has 1 aliphatic carbocycles. The first-order valence-corrected chi connectivity index (χ1v) is 13.4. The number of nitrogens with zero attached hydrogens (tertiary/aromatic N) is 3. The molecule has 0 spiro atoms. The number of halogens is 1. The maximum Gasteiger partial charge on any atom is 0.191 e. The Kier molecular flexibility index (Phi) is 12.9. The van der Waals surface area contributed by atoms with Gasteiger partial charge in [-0.25, -0.2) is 0 Å². The van der Waals surface area contributed by atoms with Crippen LogP contribution in [0.2, 0.25) is 0 Å². The molecule has 2 aliphatic rings. The maximum atomic E-state index is 12.2. The molecule has 1 aromatic rings. The van der Waals surface area contributed by atoms with Gasteiger partial charge in [0.25, 0.3) is 0 Å². The van der Waals surface area contributed by atoms with Crippen molar-refractivity contribution in [2.24, 2.45) is 4.99 Å². The zero-order chi connectivity index (χ0) is 21.9. The Hall–Kier alpha value is -0.870. The van der Waals surface area contributed by atoms with Crippen molar-refractivity contribution < 1.29 is 4.21 Å². The molecule has 6 nitrogen and oxygen atoms in total. The van der Waals surface area contributed by atoms with Crippen molar-refractivity contribution in [2.45, 2.75) is 56.7 Å². The normalized spacial score (nSPS) is 23.3. The molecular weight excluding hydrogens is 533 g/mol. The van der Waals surface area contributed by atoms with Gasteiger partial charge in [-0.05, 0) is 50.8 Å². The summed E-state index contributed by atoms with van der Waals surface area (Å²) in [6.45, 7) is 8.66. The van der Waals surface area contributed by atoms with Crippen LogP contribution in [0.25, 0.3) is 0 Å². The number of benzene rings is 1. The number of unbranched alkanes of at least 4 members (excludes halogenated alkanes) is 1. The summed E-state index contributed by atoms with van der Waals surface area (Å²) >= 11 is 0. The van der Waals surface area contributed by atoms with Crippen LogP contribution >= 0.6 is 24.0 Å². The van der Waals surface area contributed by atoms with E-state index in [1.54, 1.807) is 0 Å². The monoisotopic (exact) mass is 575 g/mol. The van der Waals surface area contributed by atoms with E-state index in [0.717, 1.165) is 76.5 Å². The Labute approximate surface area is 214 Å². The van der Waals surface area contributed by atoms with Crippen LogP contribution in [0, 0.1) is 0 Å². The van der Waals surface area contributed by atoms with Crippen molar-refractivity contribution in [3.8, 4) is 0 Å². The quantitative estimate of drug-likeness (QED) is 0.205. The highest BCUT2D eigenvalue weighted by Crippen LogP contribution is 2.23. The van der Waals surface area contributed by atoms with Gasteiger partial charge in [0.05, 0.1) is 0 Å². The largest absolute Gasteiger partial charge is 0.369 e. The van der Waals surface area contributed by atoms with Crippen LogP contribution in [0.15, 0.2) is 35.3 Å². The summed E-state index contributed by atoms with van der Waals surface area (Å²) in [5, 5.41) is 7.39. The number of guanidine groups is 1. The van der Waals surface area contributed by atoms with Crippen LogP contribution < -0.4 is 15.5 Å². The summed E-state index contributed by atoms with van der Waals surface area (Å²) < 4.78 is 12.2. The standard InChI is InChI=1S/C24H41N5OS.HI/c1-3-31(30)23-13-9-10-21(20-23)27-24(25-2)26-14-7-8-15-28-16-18-29(19-17-28)22-11-5-4-6-12-22;/h4-6,11-12,21,23H,3,7-10,13-20H2,1-2H3,(H2,25,26,27);1H. The first-order valence-electron chi connectivity index (χ1n) is 12.1. The number of rotatable bonds is 9. The van der Waals surface area contributed by atoms with Crippen LogP contribution in [0.4, 0.5) is 5.69 Å². The van der Waals surface area contributed by atoms with Gasteiger partial charge in [0, 0.05) is 73.3 Å². The van der Waals surface area contributed by atoms with E-state index in [-0.39, 0.29) is 24.0 Å². The minimum atomic E-state index is -0.683. The molecule has 0 aromatic heterocycles. The second-order valence-electron chi connectivity index (χ2n) is 8.67. The summed E-state index contributed by atoms with van der Waals surface area (Å²) in [5.74, 6) is 1.66. The second-order valence-corrected chi connectivity index (χ2v) is 10.7. The fourth-order valence-electron chi connectivity index (χ4n) is 4.67. The van der Waals surface area contributed by atoms with Crippen molar-refractivity contribution in [1.82, 2.24) is 15.5 Å². The Balaban J connectivity index is 0.00000363. The SMILES string of the molecule is CCS(=O)C1CCCC(NC(=NC)NCCCCN2CCN(c3ccccc3)CC2)C1.I. The lowest BCUT2D eigenvalue weighted by molar-refractivity contribution is 0.253. The molecular formula is C24H42IN5OS. The number of nitrogens with one attached hydrogen (secondary N) is 2. The van der Waals surface area contributed by atoms with Crippen molar-refractivity contribution in [1.29, 1.82) is 0 Å². The van der Waals surface area contributed by atoms with Gasteiger partial charge < -0.3 is 15.5 Å². The molecule has 1 heterocycles. The zero-order valence-electron chi connectivity index (χ0n) is 19.8. The summed E-state index contributed by atoms with van der Waals surface area (Å²) in [5.41, 5.74) is 1.34. The van der Waals surface area contributed by atoms with E-state index in [4.69, 9.17) is 0 Å². The molecule has 1 saturated carbocycles. The van der Waals surface area contributed by atoms with E-state index in [0.29, 0.717) is 11.3 Å². The number of hydrogen-bond donors (Lipinski definition) is 2. The third-order valence-electron chi connectivity index (χ3n) is 6.53. The van der Waals surface area contributed by atoms with Crippen LogP contribution in [0.5, 0.6) is 0 Å². The van der Waals surface area contributed by atoms with Gasteiger partial charge >= 0.3 is 0 Å². The molecule has 8 heteroatoms. The average Bonchev–Trinajstić information content (AvgIpc) is 2.83. The van der Waals surface area contributed by atoms with Gasteiger partial charge in [0.15, 0.2) is 5.96 Å². The molecule has 182 valence electrons. The number of aliphatic imine (C=N–C) groups is 1. The van der Waals surface area contributed by atoms with Gasteiger partial charge in [-0.15, -0.1) is 24.0 Å². The van der Waals surface area contributed by atoms with Gasteiger partial charge in [-0.1, -0.05) is 31.5 Å². The molecule has 0 amide bonds. The second kappa shape index (κ2) is 15.1. The van der Waals surface area contributed by atoms with E-state index in [9.17, 15) is 4.21 Å². The lowest BCUT2D eigenvalue weighted by atomic mass is 9.95. The number of hydrogen-bond acceptors (Lipinski definition) is 4. The number of anilines is 1. The van der Waals surface area contributed by atoms with E-state index in [2.05, 4.69) is 55.8 Å². The third-order valence-corrected chi connectivity index (χ3v) is 8.27. The Morgan fingerprint density at radius 3 is 2.56 bits per heavy atom. The fraction of sp³-hybridized carbons (Fsp3) is 0.708. The van der Waals surface area contributed by atoms with E-state index >= 15 is 0 Å². The summed E-state index contributed by atoms with van der Waals surface area (Å²) in [4.78, 5) is 9.47. The first kappa shape index (κ1) is 27.4.